The normalized spacial score (nSPS) is 16.8. The average molecular weight is 277 g/mol. The van der Waals surface area contributed by atoms with E-state index in [1.54, 1.807) is 6.07 Å². The van der Waals surface area contributed by atoms with E-state index in [1.807, 2.05) is 11.0 Å². The van der Waals surface area contributed by atoms with E-state index in [0.717, 1.165) is 0 Å². The lowest BCUT2D eigenvalue weighted by atomic mass is 10.1. The van der Waals surface area contributed by atoms with E-state index in [1.165, 1.54) is 12.1 Å². The number of piperazine rings is 1. The second-order valence-electron chi connectivity index (χ2n) is 4.86. The van der Waals surface area contributed by atoms with Crippen LogP contribution in [0, 0.1) is 17.1 Å². The highest BCUT2D eigenvalue weighted by molar-refractivity contribution is 5.69. The molecule has 0 bridgehead atoms. The van der Waals surface area contributed by atoms with Crippen LogP contribution in [-0.4, -0.2) is 53.6 Å². The van der Waals surface area contributed by atoms with Gasteiger partial charge in [0.1, 0.15) is 5.82 Å². The molecule has 1 fully saturated rings. The van der Waals surface area contributed by atoms with Gasteiger partial charge >= 0.3 is 5.97 Å². The fourth-order valence-corrected chi connectivity index (χ4v) is 2.30. The highest BCUT2D eigenvalue weighted by Crippen LogP contribution is 2.14. The topological polar surface area (TPSA) is 67.6 Å². The predicted octanol–water partition coefficient (Wildman–Crippen LogP) is 0.900. The van der Waals surface area contributed by atoms with Crippen LogP contribution in [0.25, 0.3) is 0 Å². The Morgan fingerprint density at radius 3 is 2.55 bits per heavy atom. The third-order valence-electron chi connectivity index (χ3n) is 3.39. The number of benzene rings is 1. The molecule has 1 saturated heterocycles. The van der Waals surface area contributed by atoms with Crippen LogP contribution in [0.2, 0.25) is 0 Å². The molecule has 1 aliphatic rings. The van der Waals surface area contributed by atoms with Gasteiger partial charge in [0.15, 0.2) is 0 Å². The van der Waals surface area contributed by atoms with Crippen molar-refractivity contribution >= 4 is 5.97 Å². The number of hydrogen-bond acceptors (Lipinski definition) is 4. The highest BCUT2D eigenvalue weighted by atomic mass is 19.1. The standard InChI is InChI=1S/C14H16FN3O2/c15-13-2-1-11(8-16)7-12(13)9-17-3-5-18(6-4-17)10-14(19)20/h1-2,7H,3-6,9-10H2,(H,19,20). The van der Waals surface area contributed by atoms with Gasteiger partial charge in [-0.2, -0.15) is 5.26 Å². The molecule has 1 heterocycles. The molecule has 1 aliphatic heterocycles. The van der Waals surface area contributed by atoms with Crippen molar-refractivity contribution in [1.82, 2.24) is 9.80 Å². The summed E-state index contributed by atoms with van der Waals surface area (Å²) in [4.78, 5) is 14.5. The monoisotopic (exact) mass is 277 g/mol. The molecule has 0 spiro atoms. The molecule has 2 rings (SSSR count). The van der Waals surface area contributed by atoms with Gasteiger partial charge < -0.3 is 5.11 Å². The molecule has 0 atom stereocenters. The SMILES string of the molecule is N#Cc1ccc(F)c(CN2CCN(CC(=O)O)CC2)c1. The van der Waals surface area contributed by atoms with E-state index in [2.05, 4.69) is 4.90 Å². The van der Waals surface area contributed by atoms with Crippen molar-refractivity contribution in [2.24, 2.45) is 0 Å². The Bertz CT molecular complexity index is 534. The first-order valence-corrected chi connectivity index (χ1v) is 6.43. The van der Waals surface area contributed by atoms with E-state index in [9.17, 15) is 9.18 Å². The van der Waals surface area contributed by atoms with Crippen LogP contribution in [0.15, 0.2) is 18.2 Å². The summed E-state index contributed by atoms with van der Waals surface area (Å²) in [6, 6.07) is 6.35. The number of halogens is 1. The van der Waals surface area contributed by atoms with Crippen LogP contribution in [-0.2, 0) is 11.3 Å². The molecule has 1 N–H and O–H groups in total. The van der Waals surface area contributed by atoms with Gasteiger partial charge in [0.2, 0.25) is 0 Å². The number of nitriles is 1. The molecule has 20 heavy (non-hydrogen) atoms. The molecule has 6 heteroatoms. The Balaban J connectivity index is 1.93. The molecule has 0 unspecified atom stereocenters. The first-order valence-electron chi connectivity index (χ1n) is 6.43. The number of rotatable bonds is 4. The molecule has 0 saturated carbocycles. The number of nitrogens with zero attached hydrogens (tertiary/aromatic N) is 3. The van der Waals surface area contributed by atoms with E-state index in [0.29, 0.717) is 43.9 Å². The van der Waals surface area contributed by atoms with E-state index < -0.39 is 5.97 Å². The van der Waals surface area contributed by atoms with E-state index in [-0.39, 0.29) is 12.4 Å². The van der Waals surface area contributed by atoms with Gasteiger partial charge in [-0.25, -0.2) is 4.39 Å². The molecule has 0 aromatic heterocycles. The summed E-state index contributed by atoms with van der Waals surface area (Å²) in [5.74, 6) is -1.14. The van der Waals surface area contributed by atoms with Crippen LogP contribution in [0.3, 0.4) is 0 Å². The second-order valence-corrected chi connectivity index (χ2v) is 4.86. The zero-order chi connectivity index (χ0) is 14.5. The number of hydrogen-bond donors (Lipinski definition) is 1. The van der Waals surface area contributed by atoms with Gasteiger partial charge in [-0.1, -0.05) is 0 Å². The van der Waals surface area contributed by atoms with Crippen LogP contribution in [0.5, 0.6) is 0 Å². The van der Waals surface area contributed by atoms with Gasteiger partial charge in [0, 0.05) is 38.3 Å². The molecule has 0 radical (unpaired) electrons. The maximum Gasteiger partial charge on any atom is 0.317 e. The second kappa shape index (κ2) is 6.46. The van der Waals surface area contributed by atoms with Crippen LogP contribution < -0.4 is 0 Å². The summed E-state index contributed by atoms with van der Waals surface area (Å²) >= 11 is 0. The zero-order valence-corrected chi connectivity index (χ0v) is 11.0. The molecule has 0 amide bonds. The summed E-state index contributed by atoms with van der Waals surface area (Å²) in [5.41, 5.74) is 0.960. The van der Waals surface area contributed by atoms with Crippen molar-refractivity contribution in [3.63, 3.8) is 0 Å². The van der Waals surface area contributed by atoms with Crippen LogP contribution >= 0.6 is 0 Å². The summed E-state index contributed by atoms with van der Waals surface area (Å²) in [7, 11) is 0. The Hall–Kier alpha value is -1.97. The minimum atomic E-state index is -0.828. The van der Waals surface area contributed by atoms with Crippen LogP contribution in [0.1, 0.15) is 11.1 Å². The molecule has 1 aromatic rings. The lowest BCUT2D eigenvalue weighted by molar-refractivity contribution is -0.138. The Morgan fingerprint density at radius 2 is 1.95 bits per heavy atom. The third-order valence-corrected chi connectivity index (χ3v) is 3.39. The molecule has 106 valence electrons. The number of carbonyl (C=O) groups is 1. The third kappa shape index (κ3) is 3.76. The van der Waals surface area contributed by atoms with Gasteiger partial charge in [-0.3, -0.25) is 14.6 Å². The van der Waals surface area contributed by atoms with Crippen LogP contribution in [0.4, 0.5) is 4.39 Å². The van der Waals surface area contributed by atoms with E-state index in [4.69, 9.17) is 10.4 Å². The van der Waals surface area contributed by atoms with Crippen molar-refractivity contribution in [2.75, 3.05) is 32.7 Å². The van der Waals surface area contributed by atoms with Crippen molar-refractivity contribution in [3.05, 3.63) is 35.1 Å². The number of aliphatic carboxylic acids is 1. The Labute approximate surface area is 116 Å². The quantitative estimate of drug-likeness (QED) is 0.885. The molecular formula is C14H16FN3O2. The zero-order valence-electron chi connectivity index (χ0n) is 11.0. The molecular weight excluding hydrogens is 261 g/mol. The highest BCUT2D eigenvalue weighted by Gasteiger charge is 2.19. The largest absolute Gasteiger partial charge is 0.480 e. The minimum Gasteiger partial charge on any atom is -0.480 e. The lowest BCUT2D eigenvalue weighted by Gasteiger charge is -2.33. The first-order chi connectivity index (χ1) is 9.58. The lowest BCUT2D eigenvalue weighted by Crippen LogP contribution is -2.47. The summed E-state index contributed by atoms with van der Waals surface area (Å²) in [5, 5.41) is 17.6. The maximum atomic E-state index is 13.7. The summed E-state index contributed by atoms with van der Waals surface area (Å²) in [6.07, 6.45) is 0. The number of carboxylic acid groups (broad SMARTS) is 1. The fraction of sp³-hybridized carbons (Fsp3) is 0.429. The number of carboxylic acids is 1. The van der Waals surface area contributed by atoms with Gasteiger partial charge in [-0.15, -0.1) is 0 Å². The molecule has 1 aromatic carbocycles. The van der Waals surface area contributed by atoms with Gasteiger partial charge in [-0.05, 0) is 18.2 Å². The van der Waals surface area contributed by atoms with Gasteiger partial charge in [0.05, 0.1) is 18.2 Å². The van der Waals surface area contributed by atoms with Crippen molar-refractivity contribution in [3.8, 4) is 6.07 Å². The smallest absolute Gasteiger partial charge is 0.317 e. The average Bonchev–Trinajstić information content (AvgIpc) is 2.43. The van der Waals surface area contributed by atoms with Gasteiger partial charge in [0.25, 0.3) is 0 Å². The molecule has 0 aliphatic carbocycles. The van der Waals surface area contributed by atoms with Crippen molar-refractivity contribution < 1.29 is 14.3 Å². The molecule has 5 nitrogen and oxygen atoms in total. The summed E-state index contributed by atoms with van der Waals surface area (Å²) < 4.78 is 13.7. The summed E-state index contributed by atoms with van der Waals surface area (Å²) in [6.45, 7) is 3.21. The van der Waals surface area contributed by atoms with Crippen molar-refractivity contribution in [2.45, 2.75) is 6.54 Å². The maximum absolute atomic E-state index is 13.7. The first kappa shape index (κ1) is 14.4. The fourth-order valence-electron chi connectivity index (χ4n) is 2.30. The predicted molar refractivity (Wildman–Crippen MR) is 70.5 cm³/mol. The minimum absolute atomic E-state index is 0.0477. The Kier molecular flexibility index (Phi) is 4.66. The van der Waals surface area contributed by atoms with Crippen molar-refractivity contribution in [1.29, 1.82) is 5.26 Å². The Morgan fingerprint density at radius 1 is 1.30 bits per heavy atom. The van der Waals surface area contributed by atoms with E-state index >= 15 is 0 Å².